The molecule has 1 amide bonds. The lowest BCUT2D eigenvalue weighted by molar-refractivity contribution is 0.0732. The molecule has 162 valence electrons. The summed E-state index contributed by atoms with van der Waals surface area (Å²) in [6.45, 7) is 0.910. The van der Waals surface area contributed by atoms with Gasteiger partial charge in [0.2, 0.25) is 0 Å². The van der Waals surface area contributed by atoms with Crippen molar-refractivity contribution in [2.24, 2.45) is 0 Å². The lowest BCUT2D eigenvalue weighted by atomic mass is 9.98. The number of carbonyl (C=O) groups excluding carboxylic acids is 2. The fraction of sp³-hybridized carbons (Fsp3) is 0.261. The minimum Gasteiger partial charge on any atom is -0.496 e. The molecule has 0 bridgehead atoms. The number of amides is 1. The van der Waals surface area contributed by atoms with Gasteiger partial charge in [-0.2, -0.15) is 20.5 Å². The third-order valence-corrected chi connectivity index (χ3v) is 5.86. The zero-order valence-electron chi connectivity index (χ0n) is 17.6. The summed E-state index contributed by atoms with van der Waals surface area (Å²) in [6, 6.07) is 13.0. The van der Waals surface area contributed by atoms with Gasteiger partial charge in [-0.25, -0.2) is 0 Å². The number of nitrogens with zero attached hydrogens (tertiary/aromatic N) is 4. The van der Waals surface area contributed by atoms with Crippen LogP contribution >= 0.6 is 0 Å². The van der Waals surface area contributed by atoms with E-state index < -0.39 is 0 Å². The number of benzene rings is 2. The van der Waals surface area contributed by atoms with E-state index >= 15 is 0 Å². The van der Waals surface area contributed by atoms with Gasteiger partial charge in [0.15, 0.2) is 5.78 Å². The molecule has 4 aromatic rings. The Balaban J connectivity index is 1.28. The van der Waals surface area contributed by atoms with Gasteiger partial charge in [-0.05, 0) is 42.7 Å². The second kappa shape index (κ2) is 8.26. The standard InChI is InChI=1S/C23H22N6O3/c1-32-21-5-3-2-4-14(21)7-9-20(30)22-16-10-11-29(13-19(16)24-27-22)23(31)15-6-8-17-18(12-15)26-28-25-17/h2-6,8,12H,7,9-11,13H2,1H3,(H,24,27)(H,25,26,28). The van der Waals surface area contributed by atoms with E-state index in [4.69, 9.17) is 4.74 Å². The largest absolute Gasteiger partial charge is 0.496 e. The van der Waals surface area contributed by atoms with Crippen molar-refractivity contribution in [2.45, 2.75) is 25.8 Å². The number of hydrogen-bond donors (Lipinski definition) is 2. The highest BCUT2D eigenvalue weighted by Crippen LogP contribution is 2.25. The van der Waals surface area contributed by atoms with Crippen LogP contribution in [0.15, 0.2) is 42.5 Å². The molecule has 1 aliphatic rings. The van der Waals surface area contributed by atoms with E-state index in [0.29, 0.717) is 54.6 Å². The van der Waals surface area contributed by atoms with Crippen molar-refractivity contribution < 1.29 is 14.3 Å². The summed E-state index contributed by atoms with van der Waals surface area (Å²) in [6.07, 6.45) is 1.51. The highest BCUT2D eigenvalue weighted by Gasteiger charge is 2.28. The van der Waals surface area contributed by atoms with Crippen molar-refractivity contribution in [1.29, 1.82) is 0 Å². The Morgan fingerprint density at radius 2 is 1.94 bits per heavy atom. The Morgan fingerprint density at radius 1 is 1.09 bits per heavy atom. The maximum atomic E-state index is 13.0. The molecule has 0 saturated heterocycles. The van der Waals surface area contributed by atoms with Crippen LogP contribution in [0.5, 0.6) is 5.75 Å². The fourth-order valence-electron chi connectivity index (χ4n) is 4.15. The number of fused-ring (bicyclic) bond motifs is 2. The van der Waals surface area contributed by atoms with Crippen molar-refractivity contribution in [3.05, 3.63) is 70.5 Å². The van der Waals surface area contributed by atoms with Gasteiger partial charge in [-0.3, -0.25) is 14.7 Å². The Kier molecular flexibility index (Phi) is 5.14. The normalized spacial score (nSPS) is 13.2. The number of rotatable bonds is 6. The van der Waals surface area contributed by atoms with E-state index in [1.165, 1.54) is 0 Å². The third kappa shape index (κ3) is 3.62. The van der Waals surface area contributed by atoms with Crippen molar-refractivity contribution in [3.63, 3.8) is 0 Å². The van der Waals surface area contributed by atoms with Crippen LogP contribution in [0.4, 0.5) is 0 Å². The van der Waals surface area contributed by atoms with E-state index in [1.807, 2.05) is 24.3 Å². The van der Waals surface area contributed by atoms with Crippen LogP contribution in [-0.4, -0.2) is 55.9 Å². The quantitative estimate of drug-likeness (QED) is 0.454. The first kappa shape index (κ1) is 19.9. The van der Waals surface area contributed by atoms with E-state index in [1.54, 1.807) is 30.2 Å². The van der Waals surface area contributed by atoms with E-state index in [-0.39, 0.29) is 11.7 Å². The number of H-pyrrole nitrogens is 2. The topological polar surface area (TPSA) is 117 Å². The number of methoxy groups -OCH3 is 1. The van der Waals surface area contributed by atoms with Gasteiger partial charge < -0.3 is 9.64 Å². The summed E-state index contributed by atoms with van der Waals surface area (Å²) in [5, 5.41) is 17.9. The van der Waals surface area contributed by atoms with Gasteiger partial charge in [0.05, 0.1) is 19.3 Å². The van der Waals surface area contributed by atoms with E-state index in [0.717, 1.165) is 22.6 Å². The number of Topliss-reactive ketones (excluding diaryl/α,β-unsaturated/α-hetero) is 1. The third-order valence-electron chi connectivity index (χ3n) is 5.86. The summed E-state index contributed by atoms with van der Waals surface area (Å²) in [5.41, 5.74) is 5.12. The average molecular weight is 430 g/mol. The molecule has 2 aromatic carbocycles. The van der Waals surface area contributed by atoms with Crippen molar-refractivity contribution >= 4 is 22.7 Å². The molecule has 9 nitrogen and oxygen atoms in total. The Morgan fingerprint density at radius 3 is 2.81 bits per heavy atom. The van der Waals surface area contributed by atoms with E-state index in [2.05, 4.69) is 25.6 Å². The summed E-state index contributed by atoms with van der Waals surface area (Å²) in [4.78, 5) is 27.6. The Hall–Kier alpha value is -4.01. The number of para-hydroxylation sites is 1. The first-order chi connectivity index (χ1) is 15.6. The lowest BCUT2D eigenvalue weighted by Crippen LogP contribution is -2.36. The number of ketones is 1. The molecule has 0 fully saturated rings. The number of carbonyl (C=O) groups is 2. The first-order valence-electron chi connectivity index (χ1n) is 10.4. The van der Waals surface area contributed by atoms with Crippen LogP contribution in [0, 0.1) is 0 Å². The lowest BCUT2D eigenvalue weighted by Gasteiger charge is -2.27. The molecule has 0 spiro atoms. The minimum atomic E-state index is -0.0841. The van der Waals surface area contributed by atoms with Crippen LogP contribution in [0.1, 0.15) is 44.1 Å². The van der Waals surface area contributed by atoms with Crippen LogP contribution in [-0.2, 0) is 19.4 Å². The van der Waals surface area contributed by atoms with Gasteiger partial charge in [0.25, 0.3) is 5.91 Å². The molecule has 32 heavy (non-hydrogen) atoms. The molecule has 5 rings (SSSR count). The first-order valence-corrected chi connectivity index (χ1v) is 10.4. The fourth-order valence-corrected chi connectivity index (χ4v) is 4.15. The number of hydrogen-bond acceptors (Lipinski definition) is 6. The van der Waals surface area contributed by atoms with Crippen LogP contribution in [0.2, 0.25) is 0 Å². The van der Waals surface area contributed by atoms with Crippen LogP contribution in [0.25, 0.3) is 11.0 Å². The second-order valence-electron chi connectivity index (χ2n) is 7.77. The molecule has 3 heterocycles. The number of aromatic nitrogens is 5. The number of nitrogens with one attached hydrogen (secondary N) is 2. The average Bonchev–Trinajstić information content (AvgIpc) is 3.48. The van der Waals surface area contributed by atoms with Gasteiger partial charge >= 0.3 is 0 Å². The summed E-state index contributed by atoms with van der Waals surface area (Å²) in [5.74, 6) is 0.686. The molecule has 1 aliphatic heterocycles. The molecular weight excluding hydrogens is 408 g/mol. The molecule has 0 unspecified atom stereocenters. The van der Waals surface area contributed by atoms with Crippen molar-refractivity contribution in [1.82, 2.24) is 30.5 Å². The molecule has 2 aromatic heterocycles. The molecule has 2 N–H and O–H groups in total. The van der Waals surface area contributed by atoms with Gasteiger partial charge in [-0.1, -0.05) is 18.2 Å². The smallest absolute Gasteiger partial charge is 0.254 e. The highest BCUT2D eigenvalue weighted by atomic mass is 16.5. The summed E-state index contributed by atoms with van der Waals surface area (Å²) < 4.78 is 5.37. The summed E-state index contributed by atoms with van der Waals surface area (Å²) in [7, 11) is 1.63. The van der Waals surface area contributed by atoms with Crippen LogP contribution < -0.4 is 4.74 Å². The summed E-state index contributed by atoms with van der Waals surface area (Å²) >= 11 is 0. The SMILES string of the molecule is COc1ccccc1CCC(=O)c1n[nH]c2c1CCN(C(=O)c1ccc3n[nH]nc3c1)C2. The van der Waals surface area contributed by atoms with Crippen molar-refractivity contribution in [3.8, 4) is 5.75 Å². The molecular formula is C23H22N6O3. The highest BCUT2D eigenvalue weighted by molar-refractivity contribution is 5.98. The van der Waals surface area contributed by atoms with Gasteiger partial charge in [-0.15, -0.1) is 0 Å². The predicted molar refractivity (Wildman–Crippen MR) is 117 cm³/mol. The van der Waals surface area contributed by atoms with Gasteiger partial charge in [0, 0.05) is 24.1 Å². The number of aryl methyl sites for hydroxylation is 1. The maximum Gasteiger partial charge on any atom is 0.254 e. The van der Waals surface area contributed by atoms with Crippen LogP contribution in [0.3, 0.4) is 0 Å². The zero-order valence-corrected chi connectivity index (χ0v) is 17.6. The molecule has 9 heteroatoms. The molecule has 0 aliphatic carbocycles. The molecule has 0 atom stereocenters. The Bertz CT molecular complexity index is 1310. The van der Waals surface area contributed by atoms with Gasteiger partial charge in [0.1, 0.15) is 22.5 Å². The minimum absolute atomic E-state index is 0.00957. The maximum absolute atomic E-state index is 13.0. The Labute approximate surface area is 183 Å². The number of ether oxygens (including phenoxy) is 1. The number of aromatic amines is 2. The second-order valence-corrected chi connectivity index (χ2v) is 7.77. The zero-order chi connectivity index (χ0) is 22.1. The predicted octanol–water partition coefficient (Wildman–Crippen LogP) is 2.70. The molecule has 0 radical (unpaired) electrons. The van der Waals surface area contributed by atoms with Crippen molar-refractivity contribution in [2.75, 3.05) is 13.7 Å². The monoisotopic (exact) mass is 430 g/mol. The van der Waals surface area contributed by atoms with E-state index in [9.17, 15) is 9.59 Å². The molecule has 0 saturated carbocycles.